The van der Waals surface area contributed by atoms with Crippen molar-refractivity contribution in [2.45, 2.75) is 177 Å². The average molecular weight is 1020 g/mol. The van der Waals surface area contributed by atoms with E-state index in [1.807, 2.05) is 26.0 Å². The van der Waals surface area contributed by atoms with Gasteiger partial charge in [0.1, 0.15) is 30.2 Å². The van der Waals surface area contributed by atoms with Gasteiger partial charge in [0.25, 0.3) is 0 Å². The highest BCUT2D eigenvalue weighted by atomic mass is 31.3. The summed E-state index contributed by atoms with van der Waals surface area (Å²) in [5.74, 6) is -0.0797. The quantitative estimate of drug-likeness (QED) is 0.0245. The largest absolute Gasteiger partial charge is 0.481 e. The highest BCUT2D eigenvalue weighted by molar-refractivity contribution is 7.61. The summed E-state index contributed by atoms with van der Waals surface area (Å²) in [6.07, 6.45) is 23.4. The molecule has 16 nitrogen and oxygen atoms in total. The van der Waals surface area contributed by atoms with Gasteiger partial charge in [-0.15, -0.1) is 0 Å². The number of aliphatic hydroxyl groups is 2. The van der Waals surface area contributed by atoms with Crippen LogP contribution in [-0.4, -0.2) is 87.0 Å². The van der Waals surface area contributed by atoms with E-state index in [0.29, 0.717) is 0 Å². The lowest BCUT2D eigenvalue weighted by atomic mass is 10.0. The Morgan fingerprint density at radius 3 is 1.54 bits per heavy atom. The third-order valence-electron chi connectivity index (χ3n) is 11.4. The van der Waals surface area contributed by atoms with Gasteiger partial charge in [-0.3, -0.25) is 13.6 Å². The number of aromatic nitrogens is 2. The number of phosphoric ester groups is 2. The Balaban J connectivity index is 1.99. The Morgan fingerprint density at radius 2 is 1.09 bits per heavy atom. The van der Waals surface area contributed by atoms with Crippen LogP contribution in [0.2, 0.25) is 0 Å². The van der Waals surface area contributed by atoms with E-state index in [0.717, 1.165) is 92.8 Å². The van der Waals surface area contributed by atoms with Gasteiger partial charge < -0.3 is 39.9 Å². The van der Waals surface area contributed by atoms with Crippen LogP contribution in [-0.2, 0) is 36.7 Å². The molecule has 2 unspecified atom stereocenters. The van der Waals surface area contributed by atoms with Gasteiger partial charge in [0.2, 0.25) is 0 Å². The molecule has 7 atom stereocenters. The summed E-state index contributed by atoms with van der Waals surface area (Å²) < 4.78 is 58.6. The van der Waals surface area contributed by atoms with Gasteiger partial charge in [-0.2, -0.15) is 9.29 Å². The van der Waals surface area contributed by atoms with E-state index in [9.17, 15) is 33.9 Å². The Labute approximate surface area is 418 Å². The Morgan fingerprint density at radius 1 is 0.657 bits per heavy atom. The molecule has 70 heavy (non-hydrogen) atoms. The zero-order chi connectivity index (χ0) is 52.3. The number of hydrogen-bond acceptors (Lipinski definition) is 13. The number of rotatable bonds is 34. The molecule has 1 aliphatic heterocycles. The maximum Gasteiger partial charge on any atom is 0.481 e. The van der Waals surface area contributed by atoms with Gasteiger partial charge in [-0.1, -0.05) is 93.2 Å². The molecule has 0 saturated carbocycles. The second-order valence-electron chi connectivity index (χ2n) is 18.8. The van der Waals surface area contributed by atoms with E-state index in [-0.39, 0.29) is 25.6 Å². The molecule has 2 rings (SSSR count). The maximum absolute atomic E-state index is 13.0. The van der Waals surface area contributed by atoms with Crippen LogP contribution in [0.4, 0.5) is 5.82 Å². The minimum atomic E-state index is -5.34. The molecule has 1 aromatic heterocycles. The summed E-state index contributed by atoms with van der Waals surface area (Å²) >= 11 is 0. The summed E-state index contributed by atoms with van der Waals surface area (Å²) in [6, 6.07) is 1.27. The fourth-order valence-electron chi connectivity index (χ4n) is 7.08. The molecule has 1 saturated heterocycles. The predicted octanol–water partition coefficient (Wildman–Crippen LogP) is 11.4. The smallest absolute Gasteiger partial charge is 0.387 e. The number of ether oxygens (including phenoxy) is 3. The molecule has 6 N–H and O–H groups in total. The molecule has 0 bridgehead atoms. The number of hydrogen-bond donors (Lipinski definition) is 5. The molecule has 18 heteroatoms. The first-order valence-corrected chi connectivity index (χ1v) is 27.4. The molecule has 2 heterocycles. The second-order valence-corrected chi connectivity index (χ2v) is 21.8. The van der Waals surface area contributed by atoms with Crippen LogP contribution >= 0.6 is 15.6 Å². The first-order chi connectivity index (χ1) is 33.0. The van der Waals surface area contributed by atoms with E-state index in [4.69, 9.17) is 29.0 Å². The number of nitrogen functional groups attached to an aromatic ring is 1. The van der Waals surface area contributed by atoms with Crippen molar-refractivity contribution in [2.24, 2.45) is 0 Å². The Hall–Kier alpha value is -3.34. The molecule has 1 aromatic rings. The van der Waals surface area contributed by atoms with Crippen LogP contribution < -0.4 is 11.4 Å². The fraction of sp³-hybridized carbons (Fsp3) is 0.615. The molecule has 0 aliphatic carbocycles. The average Bonchev–Trinajstić information content (AvgIpc) is 3.54. The Bertz CT molecular complexity index is 2170. The van der Waals surface area contributed by atoms with Crippen LogP contribution in [0.5, 0.6) is 0 Å². The molecule has 396 valence electrons. The molecule has 0 spiro atoms. The van der Waals surface area contributed by atoms with E-state index >= 15 is 0 Å². The highest BCUT2D eigenvalue weighted by Gasteiger charge is 2.46. The summed E-state index contributed by atoms with van der Waals surface area (Å²) in [6.45, 7) is 20.1. The van der Waals surface area contributed by atoms with Crippen molar-refractivity contribution >= 4 is 21.5 Å². The van der Waals surface area contributed by atoms with Crippen molar-refractivity contribution in [3.8, 4) is 0 Å². The zero-order valence-electron chi connectivity index (χ0n) is 43.5. The van der Waals surface area contributed by atoms with Gasteiger partial charge in [0.15, 0.2) is 6.23 Å². The molecule has 1 aliphatic rings. The van der Waals surface area contributed by atoms with Crippen molar-refractivity contribution in [3.63, 3.8) is 0 Å². The van der Waals surface area contributed by atoms with Gasteiger partial charge in [-0.25, -0.2) is 13.9 Å². The van der Waals surface area contributed by atoms with Crippen LogP contribution in [0.15, 0.2) is 110 Å². The van der Waals surface area contributed by atoms with Crippen LogP contribution in [0.1, 0.15) is 153 Å². The number of phosphoric acid groups is 2. The maximum atomic E-state index is 13.0. The first-order valence-electron chi connectivity index (χ1n) is 24.4. The van der Waals surface area contributed by atoms with E-state index in [2.05, 4.69) is 101 Å². The highest BCUT2D eigenvalue weighted by Crippen LogP contribution is 2.60. The molecule has 1 fully saturated rings. The minimum Gasteiger partial charge on any atom is -0.387 e. The number of nitrogens with zero attached hydrogens (tertiary/aromatic N) is 2. The van der Waals surface area contributed by atoms with Crippen molar-refractivity contribution in [1.82, 2.24) is 9.55 Å². The Kier molecular flexibility index (Phi) is 30.0. The molecular formula is C52H85N3O13P2. The number of allylic oxidation sites excluding steroid dienone is 14. The summed E-state index contributed by atoms with van der Waals surface area (Å²) in [7, 11) is -10.6. The molecule has 0 radical (unpaired) electrons. The van der Waals surface area contributed by atoms with Crippen molar-refractivity contribution in [3.05, 3.63) is 116 Å². The monoisotopic (exact) mass is 1020 g/mol. The van der Waals surface area contributed by atoms with Crippen LogP contribution in [0.25, 0.3) is 0 Å². The molecular weight excluding hydrogens is 937 g/mol. The van der Waals surface area contributed by atoms with Crippen molar-refractivity contribution < 1.29 is 56.7 Å². The van der Waals surface area contributed by atoms with E-state index in [1.54, 1.807) is 0 Å². The third-order valence-corrected chi connectivity index (χ3v) is 14.0. The third kappa shape index (κ3) is 28.0. The van der Waals surface area contributed by atoms with Gasteiger partial charge in [-0.05, 0) is 152 Å². The molecule has 0 aromatic carbocycles. The molecule has 0 amide bonds. The van der Waals surface area contributed by atoms with Gasteiger partial charge in [0.05, 0.1) is 33.0 Å². The van der Waals surface area contributed by atoms with E-state index in [1.165, 1.54) is 45.7 Å². The zero-order valence-corrected chi connectivity index (χ0v) is 45.3. The number of anilines is 1. The minimum absolute atomic E-state index is 0.0396. The van der Waals surface area contributed by atoms with Crippen LogP contribution in [0, 0.1) is 0 Å². The topological polar surface area (TPSA) is 231 Å². The second kappa shape index (κ2) is 33.4. The fourth-order valence-corrected chi connectivity index (χ4v) is 9.19. The SMILES string of the molecule is CC(C)=CCC/C(C)=C/CC/C(C)=C/CC/C(C)=C/COC[C@H](COP(=O)(O)OP(=O)(O)OC[C@H]1O[C@@H](n2ccc(N)nc2=O)[C@H](O)[C@@H]1O)OC/C=C(\C)CC/C=C(\C)CC/C=C(\C)CCC=C(C)C. The summed E-state index contributed by atoms with van der Waals surface area (Å²) in [4.78, 5) is 36.7. The van der Waals surface area contributed by atoms with Crippen molar-refractivity contribution in [2.75, 3.05) is 38.8 Å². The van der Waals surface area contributed by atoms with Gasteiger partial charge in [0, 0.05) is 6.20 Å². The summed E-state index contributed by atoms with van der Waals surface area (Å²) in [5, 5.41) is 21.0. The summed E-state index contributed by atoms with van der Waals surface area (Å²) in [5.41, 5.74) is 15.1. The van der Waals surface area contributed by atoms with Crippen molar-refractivity contribution in [1.29, 1.82) is 0 Å². The van der Waals surface area contributed by atoms with Gasteiger partial charge >= 0.3 is 21.3 Å². The van der Waals surface area contributed by atoms with E-state index < -0.39 is 65.2 Å². The first kappa shape index (κ1) is 62.8. The standard InChI is InChI=1S/C52H85N3O13P2/c1-38(2)17-11-19-40(5)21-13-23-42(7)25-15-27-44(9)30-33-63-35-46(64-34-31-45(10)28-16-26-43(8)24-14-22-41(6)20-12-18-39(3)4)36-65-69(59,60)68-70(61,62)66-37-47-49(56)50(57)51(67-47)55-32-29-48(53)54-52(55)58/h17-18,21-22,25-26,29-32,46-47,49-51,56-57H,11-16,19-20,23-24,27-28,33-37H2,1-10H3,(H,59,60)(H,61,62)(H2,53,54,58)/b40-21+,41-22+,42-25+,43-26+,44-30+,45-31+/t46-,47-,49-,50-,51-/m1/s1. The van der Waals surface area contributed by atoms with Crippen LogP contribution in [0.3, 0.4) is 0 Å². The predicted molar refractivity (Wildman–Crippen MR) is 279 cm³/mol. The lowest BCUT2D eigenvalue weighted by Gasteiger charge is -2.21. The lowest BCUT2D eigenvalue weighted by Crippen LogP contribution is -2.36. The lowest BCUT2D eigenvalue weighted by molar-refractivity contribution is -0.0545. The number of aliphatic hydroxyl groups excluding tert-OH is 2. The number of nitrogens with two attached hydrogens (primary N) is 1. The normalized spacial score (nSPS) is 20.8.